The summed E-state index contributed by atoms with van der Waals surface area (Å²) in [5.74, 6) is -0.245. The van der Waals surface area contributed by atoms with Gasteiger partial charge in [0.05, 0.1) is 19.1 Å². The third-order valence-electron chi connectivity index (χ3n) is 4.85. The van der Waals surface area contributed by atoms with Gasteiger partial charge in [0.1, 0.15) is 0 Å². The van der Waals surface area contributed by atoms with Crippen molar-refractivity contribution in [1.29, 1.82) is 0 Å². The Morgan fingerprint density at radius 1 is 1.08 bits per heavy atom. The average molecular weight is 370 g/mol. The van der Waals surface area contributed by atoms with Crippen molar-refractivity contribution in [2.24, 2.45) is 11.7 Å². The van der Waals surface area contributed by atoms with Crippen LogP contribution in [0.3, 0.4) is 0 Å². The Hall–Kier alpha value is -1.67. The van der Waals surface area contributed by atoms with Crippen LogP contribution in [0, 0.1) is 5.92 Å². The molecule has 0 bridgehead atoms. The van der Waals surface area contributed by atoms with Gasteiger partial charge in [-0.05, 0) is 26.2 Å². The van der Waals surface area contributed by atoms with Crippen LogP contribution >= 0.6 is 0 Å². The molecule has 0 aromatic carbocycles. The molecule has 150 valence electrons. The fourth-order valence-corrected chi connectivity index (χ4v) is 2.94. The van der Waals surface area contributed by atoms with E-state index in [9.17, 15) is 14.4 Å². The van der Waals surface area contributed by atoms with Crippen molar-refractivity contribution < 1.29 is 14.4 Å². The van der Waals surface area contributed by atoms with Gasteiger partial charge in [-0.2, -0.15) is 0 Å². The Labute approximate surface area is 157 Å². The van der Waals surface area contributed by atoms with E-state index in [0.29, 0.717) is 39.3 Å². The lowest BCUT2D eigenvalue weighted by Gasteiger charge is -2.25. The molecule has 0 aliphatic carbocycles. The zero-order valence-electron chi connectivity index (χ0n) is 16.7. The molecule has 1 aliphatic rings. The van der Waals surface area contributed by atoms with Crippen molar-refractivity contribution in [1.82, 2.24) is 20.0 Å². The number of likely N-dealkylation sites (N-methyl/N-ethyl adjacent to an activating group) is 1. The average Bonchev–Trinajstić information content (AvgIpc) is 2.85. The van der Waals surface area contributed by atoms with Crippen LogP contribution in [0.2, 0.25) is 0 Å². The number of amides is 3. The predicted octanol–water partition coefficient (Wildman–Crippen LogP) is -0.511. The quantitative estimate of drug-likeness (QED) is 0.600. The summed E-state index contributed by atoms with van der Waals surface area (Å²) in [7, 11) is 0. The number of rotatable bonds is 8. The fourth-order valence-electron chi connectivity index (χ4n) is 2.94. The molecule has 0 saturated carbocycles. The Kier molecular flexibility index (Phi) is 9.58. The van der Waals surface area contributed by atoms with E-state index >= 15 is 0 Å². The summed E-state index contributed by atoms with van der Waals surface area (Å²) in [5, 5.41) is 2.63. The number of carbonyl (C=O) groups excluding carboxylic acids is 3. The molecule has 1 rings (SSSR count). The summed E-state index contributed by atoms with van der Waals surface area (Å²) >= 11 is 0. The summed E-state index contributed by atoms with van der Waals surface area (Å²) in [6, 6.07) is -0.603. The lowest BCUT2D eigenvalue weighted by molar-refractivity contribution is -0.133. The Balaban J connectivity index is 2.44. The summed E-state index contributed by atoms with van der Waals surface area (Å²) in [5.41, 5.74) is 5.78. The first-order valence-electron chi connectivity index (χ1n) is 9.61. The van der Waals surface area contributed by atoms with Gasteiger partial charge in [0, 0.05) is 39.3 Å². The topological polar surface area (TPSA) is 99.0 Å². The Bertz CT molecular complexity index is 479. The predicted molar refractivity (Wildman–Crippen MR) is 101 cm³/mol. The maximum Gasteiger partial charge on any atom is 0.242 e. The molecule has 8 nitrogen and oxygen atoms in total. The molecular weight excluding hydrogens is 334 g/mol. The van der Waals surface area contributed by atoms with Gasteiger partial charge in [-0.15, -0.1) is 0 Å². The molecule has 0 aromatic rings. The second-order valence-electron chi connectivity index (χ2n) is 7.06. The highest BCUT2D eigenvalue weighted by Crippen LogP contribution is 2.05. The van der Waals surface area contributed by atoms with Crippen molar-refractivity contribution >= 4 is 17.7 Å². The maximum atomic E-state index is 12.4. The molecule has 1 aliphatic heterocycles. The standard InChI is InChI=1S/C18H35N5O3/c1-5-22(6-2)16(25)13-21-8-7-9-23(11-10-21)15(24)12-20-18(26)17(19)14(3)4/h14,17H,5-13,19H2,1-4H3,(H,20,26)/t17-/m0/s1. The Morgan fingerprint density at radius 3 is 2.31 bits per heavy atom. The van der Waals surface area contributed by atoms with Crippen LogP contribution in [0.5, 0.6) is 0 Å². The van der Waals surface area contributed by atoms with Gasteiger partial charge in [-0.3, -0.25) is 19.3 Å². The maximum absolute atomic E-state index is 12.4. The number of hydrogen-bond donors (Lipinski definition) is 2. The van der Waals surface area contributed by atoms with Gasteiger partial charge in [0.2, 0.25) is 17.7 Å². The molecule has 0 radical (unpaired) electrons. The number of hydrogen-bond acceptors (Lipinski definition) is 5. The van der Waals surface area contributed by atoms with E-state index in [4.69, 9.17) is 5.73 Å². The van der Waals surface area contributed by atoms with E-state index in [0.717, 1.165) is 13.0 Å². The van der Waals surface area contributed by atoms with Crippen molar-refractivity contribution in [3.63, 3.8) is 0 Å². The van der Waals surface area contributed by atoms with E-state index in [1.54, 1.807) is 4.90 Å². The molecule has 1 saturated heterocycles. The minimum atomic E-state index is -0.603. The molecular formula is C18H35N5O3. The highest BCUT2D eigenvalue weighted by molar-refractivity contribution is 5.87. The molecule has 26 heavy (non-hydrogen) atoms. The molecule has 3 amide bonds. The number of nitrogens with zero attached hydrogens (tertiary/aromatic N) is 3. The molecule has 0 unspecified atom stereocenters. The monoisotopic (exact) mass is 369 g/mol. The summed E-state index contributed by atoms with van der Waals surface area (Å²) in [6.45, 7) is 12.1. The van der Waals surface area contributed by atoms with E-state index in [1.807, 2.05) is 32.6 Å². The van der Waals surface area contributed by atoms with E-state index < -0.39 is 6.04 Å². The van der Waals surface area contributed by atoms with Gasteiger partial charge in [-0.25, -0.2) is 0 Å². The molecule has 0 spiro atoms. The normalized spacial score (nSPS) is 16.9. The summed E-state index contributed by atoms with van der Waals surface area (Å²) in [4.78, 5) is 42.1. The van der Waals surface area contributed by atoms with Crippen LogP contribution in [0.15, 0.2) is 0 Å². The molecule has 3 N–H and O–H groups in total. The number of nitrogens with two attached hydrogens (primary N) is 1. The van der Waals surface area contributed by atoms with E-state index in [2.05, 4.69) is 10.2 Å². The van der Waals surface area contributed by atoms with Crippen molar-refractivity contribution in [3.05, 3.63) is 0 Å². The van der Waals surface area contributed by atoms with Crippen LogP contribution in [0.4, 0.5) is 0 Å². The molecule has 1 heterocycles. The molecule has 8 heteroatoms. The van der Waals surface area contributed by atoms with Gasteiger partial charge < -0.3 is 20.9 Å². The lowest BCUT2D eigenvalue weighted by atomic mass is 10.1. The number of carbonyl (C=O) groups is 3. The lowest BCUT2D eigenvalue weighted by Crippen LogP contribution is -2.48. The first-order valence-corrected chi connectivity index (χ1v) is 9.61. The van der Waals surface area contributed by atoms with Gasteiger partial charge in [-0.1, -0.05) is 13.8 Å². The van der Waals surface area contributed by atoms with Crippen molar-refractivity contribution in [3.8, 4) is 0 Å². The summed E-state index contributed by atoms with van der Waals surface area (Å²) < 4.78 is 0. The first kappa shape index (κ1) is 22.4. The SMILES string of the molecule is CCN(CC)C(=O)CN1CCCN(C(=O)CNC(=O)[C@@H](N)C(C)C)CC1. The number of nitrogens with one attached hydrogen (secondary N) is 1. The van der Waals surface area contributed by atoms with E-state index in [1.165, 1.54) is 0 Å². The van der Waals surface area contributed by atoms with Gasteiger partial charge in [0.25, 0.3) is 0 Å². The molecule has 1 fully saturated rings. The van der Waals surface area contributed by atoms with Crippen LogP contribution in [0.1, 0.15) is 34.1 Å². The van der Waals surface area contributed by atoms with E-state index in [-0.39, 0.29) is 30.2 Å². The zero-order chi connectivity index (χ0) is 19.7. The van der Waals surface area contributed by atoms with Gasteiger partial charge >= 0.3 is 0 Å². The third-order valence-corrected chi connectivity index (χ3v) is 4.85. The van der Waals surface area contributed by atoms with Gasteiger partial charge in [0.15, 0.2) is 0 Å². The zero-order valence-corrected chi connectivity index (χ0v) is 16.7. The van der Waals surface area contributed by atoms with Crippen LogP contribution in [-0.4, -0.2) is 90.8 Å². The Morgan fingerprint density at radius 2 is 1.73 bits per heavy atom. The largest absolute Gasteiger partial charge is 0.346 e. The third kappa shape index (κ3) is 6.92. The second kappa shape index (κ2) is 11.1. The van der Waals surface area contributed by atoms with Crippen LogP contribution < -0.4 is 11.1 Å². The molecule has 1 atom stereocenters. The van der Waals surface area contributed by atoms with Crippen LogP contribution in [-0.2, 0) is 14.4 Å². The second-order valence-corrected chi connectivity index (χ2v) is 7.06. The summed E-state index contributed by atoms with van der Waals surface area (Å²) in [6.07, 6.45) is 0.816. The fraction of sp³-hybridized carbons (Fsp3) is 0.833. The van der Waals surface area contributed by atoms with Crippen molar-refractivity contribution in [2.45, 2.75) is 40.2 Å². The first-order chi connectivity index (χ1) is 12.3. The van der Waals surface area contributed by atoms with Crippen molar-refractivity contribution in [2.75, 3.05) is 52.4 Å². The van der Waals surface area contributed by atoms with Crippen LogP contribution in [0.25, 0.3) is 0 Å². The highest BCUT2D eigenvalue weighted by Gasteiger charge is 2.23. The highest BCUT2D eigenvalue weighted by atomic mass is 16.2. The minimum absolute atomic E-state index is 0.0280. The smallest absolute Gasteiger partial charge is 0.242 e. The minimum Gasteiger partial charge on any atom is -0.346 e. The molecule has 0 aromatic heterocycles.